The Balaban J connectivity index is 2.53. The van der Waals surface area contributed by atoms with Crippen LogP contribution >= 0.6 is 0 Å². The highest BCUT2D eigenvalue weighted by Gasteiger charge is 2.12. The second kappa shape index (κ2) is 2.78. The summed E-state index contributed by atoms with van der Waals surface area (Å²) < 4.78 is 0. The maximum atomic E-state index is 2.36. The second-order valence-corrected chi connectivity index (χ2v) is 3.69. The van der Waals surface area contributed by atoms with Gasteiger partial charge in [-0.2, -0.15) is 0 Å². The number of hydrogen-bond acceptors (Lipinski definition) is 0. The van der Waals surface area contributed by atoms with Gasteiger partial charge in [0.15, 0.2) is 0 Å². The molecule has 0 bridgehead atoms. The zero-order valence-corrected chi connectivity index (χ0v) is 7.67. The summed E-state index contributed by atoms with van der Waals surface area (Å²) in [4.78, 5) is 0. The van der Waals surface area contributed by atoms with Gasteiger partial charge in [0.05, 0.1) is 0 Å². The van der Waals surface area contributed by atoms with Crippen LogP contribution < -0.4 is 0 Å². The first-order valence-electron chi connectivity index (χ1n) is 4.54. The summed E-state index contributed by atoms with van der Waals surface area (Å²) in [6.45, 7) is 4.48. The van der Waals surface area contributed by atoms with Gasteiger partial charge in [-0.05, 0) is 36.0 Å². The van der Waals surface area contributed by atoms with Crippen molar-refractivity contribution in [1.29, 1.82) is 0 Å². The van der Waals surface area contributed by atoms with Crippen molar-refractivity contribution in [3.05, 3.63) is 41.5 Å². The normalized spacial score (nSPS) is 21.5. The summed E-state index contributed by atoms with van der Waals surface area (Å²) in [5, 5.41) is 0. The third-order valence-electron chi connectivity index (χ3n) is 2.52. The first-order valence-corrected chi connectivity index (χ1v) is 4.54. The van der Waals surface area contributed by atoms with E-state index in [1.54, 1.807) is 0 Å². The first-order chi connectivity index (χ1) is 5.77. The lowest BCUT2D eigenvalue weighted by Gasteiger charge is -2.19. The Morgan fingerprint density at radius 3 is 2.83 bits per heavy atom. The van der Waals surface area contributed by atoms with E-state index in [1.165, 1.54) is 23.1 Å². The smallest absolute Gasteiger partial charge is 0.0198 e. The lowest BCUT2D eigenvalue weighted by molar-refractivity contribution is 0.713. The van der Waals surface area contributed by atoms with Gasteiger partial charge in [0.1, 0.15) is 0 Å². The average Bonchev–Trinajstić information content (AvgIpc) is 2.04. The highest BCUT2D eigenvalue weighted by molar-refractivity contribution is 5.68. The standard InChI is InChI=1S/C12H14/c1-9-7-10(2)12-6-4-3-5-11(12)8-9/h3-7,9H,8H2,1-2H3. The largest absolute Gasteiger partial charge is 0.0778 e. The number of allylic oxidation sites excluding steroid dienone is 2. The molecule has 0 N–H and O–H groups in total. The Labute approximate surface area is 73.9 Å². The molecule has 1 aromatic carbocycles. The Hall–Kier alpha value is -1.04. The summed E-state index contributed by atoms with van der Waals surface area (Å²) >= 11 is 0. The summed E-state index contributed by atoms with van der Waals surface area (Å²) in [7, 11) is 0. The van der Waals surface area contributed by atoms with E-state index in [1.807, 2.05) is 0 Å². The van der Waals surface area contributed by atoms with Crippen LogP contribution in [0.4, 0.5) is 0 Å². The van der Waals surface area contributed by atoms with E-state index in [9.17, 15) is 0 Å². The van der Waals surface area contributed by atoms with Crippen molar-refractivity contribution in [3.63, 3.8) is 0 Å². The fourth-order valence-electron chi connectivity index (χ4n) is 2.01. The van der Waals surface area contributed by atoms with Gasteiger partial charge >= 0.3 is 0 Å². The molecular formula is C12H14. The Kier molecular flexibility index (Phi) is 1.76. The van der Waals surface area contributed by atoms with Crippen molar-refractivity contribution in [2.75, 3.05) is 0 Å². The minimum Gasteiger partial charge on any atom is -0.0778 e. The zero-order chi connectivity index (χ0) is 8.55. The third kappa shape index (κ3) is 1.18. The molecule has 0 spiro atoms. The van der Waals surface area contributed by atoms with Gasteiger partial charge in [-0.25, -0.2) is 0 Å². The summed E-state index contributed by atoms with van der Waals surface area (Å²) in [6.07, 6.45) is 3.57. The van der Waals surface area contributed by atoms with E-state index in [0.29, 0.717) is 5.92 Å². The average molecular weight is 158 g/mol. The molecule has 62 valence electrons. The molecule has 0 aliphatic heterocycles. The molecule has 0 heteroatoms. The molecular weight excluding hydrogens is 144 g/mol. The van der Waals surface area contributed by atoms with Crippen LogP contribution in [-0.4, -0.2) is 0 Å². The van der Waals surface area contributed by atoms with Gasteiger partial charge in [0, 0.05) is 0 Å². The molecule has 1 aromatic rings. The van der Waals surface area contributed by atoms with Crippen molar-refractivity contribution in [3.8, 4) is 0 Å². The minimum absolute atomic E-state index is 0.708. The van der Waals surface area contributed by atoms with E-state index in [-0.39, 0.29) is 0 Å². The third-order valence-corrected chi connectivity index (χ3v) is 2.52. The quantitative estimate of drug-likeness (QED) is 0.543. The first kappa shape index (κ1) is 7.60. The molecule has 0 amide bonds. The van der Waals surface area contributed by atoms with Gasteiger partial charge in [-0.3, -0.25) is 0 Å². The van der Waals surface area contributed by atoms with Crippen molar-refractivity contribution < 1.29 is 0 Å². The number of rotatable bonds is 0. The van der Waals surface area contributed by atoms with Crippen LogP contribution in [0.5, 0.6) is 0 Å². The van der Waals surface area contributed by atoms with Crippen LogP contribution in [0, 0.1) is 5.92 Å². The van der Waals surface area contributed by atoms with Gasteiger partial charge in [0.25, 0.3) is 0 Å². The van der Waals surface area contributed by atoms with Crippen LogP contribution in [0.2, 0.25) is 0 Å². The van der Waals surface area contributed by atoms with Crippen LogP contribution in [0.15, 0.2) is 30.3 Å². The monoisotopic (exact) mass is 158 g/mol. The van der Waals surface area contributed by atoms with Crippen LogP contribution in [0.3, 0.4) is 0 Å². The van der Waals surface area contributed by atoms with Crippen LogP contribution in [-0.2, 0) is 6.42 Å². The summed E-state index contributed by atoms with van der Waals surface area (Å²) in [6, 6.07) is 8.70. The van der Waals surface area contributed by atoms with E-state index in [2.05, 4.69) is 44.2 Å². The molecule has 1 atom stereocenters. The maximum Gasteiger partial charge on any atom is -0.0198 e. The Morgan fingerprint density at radius 2 is 2.00 bits per heavy atom. The molecule has 0 radical (unpaired) electrons. The molecule has 0 saturated heterocycles. The molecule has 0 fully saturated rings. The van der Waals surface area contributed by atoms with Crippen LogP contribution in [0.25, 0.3) is 5.57 Å². The van der Waals surface area contributed by atoms with E-state index >= 15 is 0 Å². The highest BCUT2D eigenvalue weighted by Crippen LogP contribution is 2.28. The fraction of sp³-hybridized carbons (Fsp3) is 0.333. The number of hydrogen-bond donors (Lipinski definition) is 0. The molecule has 1 aliphatic rings. The van der Waals surface area contributed by atoms with Crippen molar-refractivity contribution in [1.82, 2.24) is 0 Å². The predicted octanol–water partition coefficient (Wildman–Crippen LogP) is 3.28. The highest BCUT2D eigenvalue weighted by atomic mass is 14.2. The predicted molar refractivity (Wildman–Crippen MR) is 53.0 cm³/mol. The molecule has 0 aromatic heterocycles. The van der Waals surface area contributed by atoms with E-state index in [4.69, 9.17) is 0 Å². The second-order valence-electron chi connectivity index (χ2n) is 3.69. The Morgan fingerprint density at radius 1 is 1.25 bits per heavy atom. The van der Waals surface area contributed by atoms with E-state index in [0.717, 1.165) is 0 Å². The van der Waals surface area contributed by atoms with Crippen LogP contribution in [0.1, 0.15) is 25.0 Å². The topological polar surface area (TPSA) is 0 Å². The van der Waals surface area contributed by atoms with Gasteiger partial charge < -0.3 is 0 Å². The molecule has 0 heterocycles. The van der Waals surface area contributed by atoms with Crippen molar-refractivity contribution in [2.24, 2.45) is 5.92 Å². The van der Waals surface area contributed by atoms with Gasteiger partial charge in [0.2, 0.25) is 0 Å². The zero-order valence-electron chi connectivity index (χ0n) is 7.67. The lowest BCUT2D eigenvalue weighted by atomic mass is 9.86. The van der Waals surface area contributed by atoms with Crippen molar-refractivity contribution >= 4 is 5.57 Å². The van der Waals surface area contributed by atoms with Gasteiger partial charge in [-0.1, -0.05) is 37.3 Å². The maximum absolute atomic E-state index is 2.36. The van der Waals surface area contributed by atoms with Gasteiger partial charge in [-0.15, -0.1) is 0 Å². The molecule has 12 heavy (non-hydrogen) atoms. The fourth-order valence-corrected chi connectivity index (χ4v) is 2.01. The number of benzene rings is 1. The SMILES string of the molecule is CC1=CC(C)Cc2ccccc21. The summed E-state index contributed by atoms with van der Waals surface area (Å²) in [5.41, 5.74) is 4.38. The molecule has 1 unspecified atom stereocenters. The van der Waals surface area contributed by atoms with Crippen molar-refractivity contribution in [2.45, 2.75) is 20.3 Å². The molecule has 0 saturated carbocycles. The minimum atomic E-state index is 0.708. The Bertz CT molecular complexity index is 321. The molecule has 2 rings (SSSR count). The summed E-state index contributed by atoms with van der Waals surface area (Å²) in [5.74, 6) is 0.708. The van der Waals surface area contributed by atoms with E-state index < -0.39 is 0 Å². The molecule has 0 nitrogen and oxygen atoms in total. The lowest BCUT2D eigenvalue weighted by Crippen LogP contribution is -2.05. The number of fused-ring (bicyclic) bond motifs is 1. The molecule has 1 aliphatic carbocycles.